The van der Waals surface area contributed by atoms with Gasteiger partial charge < -0.3 is 9.84 Å². The predicted molar refractivity (Wildman–Crippen MR) is 91.3 cm³/mol. The third kappa shape index (κ3) is 2.74. The normalized spacial score (nSPS) is 15.7. The topological polar surface area (TPSA) is 46.5 Å². The lowest BCUT2D eigenvalue weighted by Gasteiger charge is -2.22. The molecule has 1 aliphatic rings. The van der Waals surface area contributed by atoms with Crippen LogP contribution >= 0.6 is 0 Å². The highest BCUT2D eigenvalue weighted by atomic mass is 16.5. The Morgan fingerprint density at radius 1 is 1.09 bits per heavy atom. The zero-order valence-electron chi connectivity index (χ0n) is 13.8. The number of carbonyl (C=O) groups is 1. The van der Waals surface area contributed by atoms with Crippen LogP contribution in [0.2, 0.25) is 0 Å². The first-order valence-corrected chi connectivity index (χ1v) is 7.65. The molecule has 1 heterocycles. The van der Waals surface area contributed by atoms with E-state index in [0.29, 0.717) is 17.1 Å². The summed E-state index contributed by atoms with van der Waals surface area (Å²) in [5.41, 5.74) is 3.81. The molecule has 0 bridgehead atoms. The average Bonchev–Trinajstić information content (AvgIpc) is 2.78. The van der Waals surface area contributed by atoms with Crippen molar-refractivity contribution < 1.29 is 14.6 Å². The van der Waals surface area contributed by atoms with Crippen LogP contribution in [-0.4, -0.2) is 11.1 Å². The van der Waals surface area contributed by atoms with E-state index < -0.39 is 0 Å². The fourth-order valence-corrected chi connectivity index (χ4v) is 2.81. The number of hydrogen-bond acceptors (Lipinski definition) is 3. The van der Waals surface area contributed by atoms with E-state index in [1.54, 1.807) is 6.07 Å². The number of phenolic OH excluding ortho intramolecular Hbond substituents is 1. The van der Waals surface area contributed by atoms with Gasteiger partial charge in [-0.15, -0.1) is 0 Å². The number of benzene rings is 2. The molecule has 2 aromatic carbocycles. The van der Waals surface area contributed by atoms with Gasteiger partial charge in [-0.3, -0.25) is 0 Å². The molecule has 0 saturated carbocycles. The summed E-state index contributed by atoms with van der Waals surface area (Å²) in [4.78, 5) is 11.9. The maximum atomic E-state index is 11.9. The number of hydrogen-bond donors (Lipinski definition) is 1. The van der Waals surface area contributed by atoms with Gasteiger partial charge in [0, 0.05) is 11.1 Å². The van der Waals surface area contributed by atoms with Gasteiger partial charge in [0.2, 0.25) is 0 Å². The van der Waals surface area contributed by atoms with E-state index in [4.69, 9.17) is 4.74 Å². The highest BCUT2D eigenvalue weighted by Gasteiger charge is 2.26. The van der Waals surface area contributed by atoms with Gasteiger partial charge in [0.1, 0.15) is 11.5 Å². The van der Waals surface area contributed by atoms with Crippen LogP contribution in [0.15, 0.2) is 36.4 Å². The fraction of sp³-hybridized carbons (Fsp3) is 0.250. The third-order valence-electron chi connectivity index (χ3n) is 4.04. The summed E-state index contributed by atoms with van der Waals surface area (Å²) >= 11 is 0. The van der Waals surface area contributed by atoms with Crippen molar-refractivity contribution in [3.8, 4) is 5.75 Å². The Kier molecular flexibility index (Phi) is 3.52. The summed E-state index contributed by atoms with van der Waals surface area (Å²) in [7, 11) is 0. The summed E-state index contributed by atoms with van der Waals surface area (Å²) in [5, 5.41) is 10.3. The Balaban J connectivity index is 2.11. The number of phenols is 1. The van der Waals surface area contributed by atoms with Gasteiger partial charge in [0.25, 0.3) is 0 Å². The molecule has 0 amide bonds. The minimum Gasteiger partial charge on any atom is -0.507 e. The Morgan fingerprint density at radius 2 is 1.74 bits per heavy atom. The van der Waals surface area contributed by atoms with Crippen LogP contribution in [0.5, 0.6) is 5.75 Å². The molecule has 0 unspecified atom stereocenters. The summed E-state index contributed by atoms with van der Waals surface area (Å²) in [6.07, 6.45) is 1.85. The number of cyclic esters (lactones) is 1. The van der Waals surface area contributed by atoms with Crippen LogP contribution in [0.4, 0.5) is 0 Å². The molecule has 118 valence electrons. The van der Waals surface area contributed by atoms with Crippen molar-refractivity contribution in [1.29, 1.82) is 0 Å². The molecule has 0 radical (unpaired) electrons. The molecule has 0 aromatic heterocycles. The first kappa shape index (κ1) is 15.3. The van der Waals surface area contributed by atoms with Gasteiger partial charge >= 0.3 is 5.97 Å². The SMILES string of the molecule is Cc1cc(/C=C2/OC(=O)c3ccccc32)cc(C(C)(C)C)c1O. The van der Waals surface area contributed by atoms with E-state index in [9.17, 15) is 9.90 Å². The van der Waals surface area contributed by atoms with Crippen LogP contribution in [-0.2, 0) is 10.2 Å². The number of aryl methyl sites for hydroxylation is 1. The second kappa shape index (κ2) is 5.27. The van der Waals surface area contributed by atoms with Gasteiger partial charge in [-0.2, -0.15) is 0 Å². The zero-order chi connectivity index (χ0) is 16.8. The van der Waals surface area contributed by atoms with E-state index in [1.165, 1.54) is 0 Å². The van der Waals surface area contributed by atoms with Crippen molar-refractivity contribution in [1.82, 2.24) is 0 Å². The van der Waals surface area contributed by atoms with Gasteiger partial charge in [-0.05, 0) is 47.7 Å². The summed E-state index contributed by atoms with van der Waals surface area (Å²) < 4.78 is 5.39. The molecule has 0 saturated heterocycles. The van der Waals surface area contributed by atoms with Crippen molar-refractivity contribution in [3.05, 3.63) is 64.2 Å². The Labute approximate surface area is 136 Å². The summed E-state index contributed by atoms with van der Waals surface area (Å²) in [6.45, 7) is 8.05. The molecule has 1 N–H and O–H groups in total. The van der Waals surface area contributed by atoms with Gasteiger partial charge in [-0.25, -0.2) is 4.79 Å². The van der Waals surface area contributed by atoms with Crippen molar-refractivity contribution in [2.24, 2.45) is 0 Å². The van der Waals surface area contributed by atoms with Gasteiger partial charge in [0.15, 0.2) is 0 Å². The molecule has 1 aliphatic heterocycles. The van der Waals surface area contributed by atoms with Crippen LogP contribution in [0.1, 0.15) is 53.4 Å². The van der Waals surface area contributed by atoms with Crippen LogP contribution in [0.3, 0.4) is 0 Å². The van der Waals surface area contributed by atoms with E-state index in [0.717, 1.165) is 22.3 Å². The first-order chi connectivity index (χ1) is 10.8. The van der Waals surface area contributed by atoms with Gasteiger partial charge in [-0.1, -0.05) is 39.0 Å². The molecule has 3 heteroatoms. The predicted octanol–water partition coefficient (Wildman–Crippen LogP) is 4.67. The highest BCUT2D eigenvalue weighted by molar-refractivity contribution is 6.05. The minimum atomic E-state index is -0.321. The van der Waals surface area contributed by atoms with E-state index in [2.05, 4.69) is 20.8 Å². The number of aromatic hydroxyl groups is 1. The second-order valence-corrected chi connectivity index (χ2v) is 6.93. The van der Waals surface area contributed by atoms with Gasteiger partial charge in [0.05, 0.1) is 5.56 Å². The van der Waals surface area contributed by atoms with Crippen molar-refractivity contribution in [2.45, 2.75) is 33.1 Å². The third-order valence-corrected chi connectivity index (χ3v) is 4.04. The number of ether oxygens (including phenoxy) is 1. The molecule has 3 rings (SSSR count). The number of fused-ring (bicyclic) bond motifs is 1. The van der Waals surface area contributed by atoms with Crippen LogP contribution < -0.4 is 0 Å². The average molecular weight is 308 g/mol. The lowest BCUT2D eigenvalue weighted by molar-refractivity contribution is 0.0717. The van der Waals surface area contributed by atoms with E-state index in [-0.39, 0.29) is 11.4 Å². The van der Waals surface area contributed by atoms with Crippen molar-refractivity contribution in [3.63, 3.8) is 0 Å². The van der Waals surface area contributed by atoms with E-state index in [1.807, 2.05) is 43.3 Å². The lowest BCUT2D eigenvalue weighted by Crippen LogP contribution is -2.12. The van der Waals surface area contributed by atoms with E-state index >= 15 is 0 Å². The smallest absolute Gasteiger partial charge is 0.344 e. The number of carbonyl (C=O) groups excluding carboxylic acids is 1. The monoisotopic (exact) mass is 308 g/mol. The minimum absolute atomic E-state index is 0.173. The van der Waals surface area contributed by atoms with Crippen molar-refractivity contribution >= 4 is 17.8 Å². The quantitative estimate of drug-likeness (QED) is 0.779. The molecular formula is C20H20O3. The lowest BCUT2D eigenvalue weighted by atomic mass is 9.84. The molecule has 0 spiro atoms. The van der Waals surface area contributed by atoms with Crippen molar-refractivity contribution in [2.75, 3.05) is 0 Å². The summed E-state index contributed by atoms with van der Waals surface area (Å²) in [6, 6.07) is 11.2. The maximum Gasteiger partial charge on any atom is 0.344 e. The van der Waals surface area contributed by atoms with Crippen LogP contribution in [0.25, 0.3) is 11.8 Å². The zero-order valence-corrected chi connectivity index (χ0v) is 13.8. The standard InChI is InChI=1S/C20H20O3/c1-12-9-13(10-16(18(12)21)20(2,3)4)11-17-14-7-5-6-8-15(14)19(22)23-17/h5-11,21H,1-4H3/b17-11+. The molecule has 3 nitrogen and oxygen atoms in total. The summed E-state index contributed by atoms with van der Waals surface area (Å²) in [5.74, 6) is 0.553. The first-order valence-electron chi connectivity index (χ1n) is 7.65. The molecule has 0 atom stereocenters. The maximum absolute atomic E-state index is 11.9. The Hall–Kier alpha value is -2.55. The molecule has 0 aliphatic carbocycles. The molecule has 2 aromatic rings. The molecular weight excluding hydrogens is 288 g/mol. The number of esters is 1. The van der Waals surface area contributed by atoms with Crippen LogP contribution in [0, 0.1) is 6.92 Å². The molecule has 23 heavy (non-hydrogen) atoms. The number of rotatable bonds is 1. The molecule has 0 fully saturated rings. The Bertz CT molecular complexity index is 823. The Morgan fingerprint density at radius 3 is 2.39 bits per heavy atom. The fourth-order valence-electron chi connectivity index (χ4n) is 2.81. The largest absolute Gasteiger partial charge is 0.507 e. The second-order valence-electron chi connectivity index (χ2n) is 6.93. The highest BCUT2D eigenvalue weighted by Crippen LogP contribution is 2.36.